The molecule has 0 radical (unpaired) electrons. The number of carbonyl (C=O) groups excluding carboxylic acids is 2. The zero-order valence-corrected chi connectivity index (χ0v) is 22.0. The molecule has 0 aliphatic carbocycles. The molecule has 1 fully saturated rings. The summed E-state index contributed by atoms with van der Waals surface area (Å²) >= 11 is 0. The highest BCUT2D eigenvalue weighted by molar-refractivity contribution is 5.89. The Balaban J connectivity index is 1.43. The highest BCUT2D eigenvalue weighted by Crippen LogP contribution is 2.31. The molecule has 3 amide bonds. The number of nitrogens with one attached hydrogen (secondary N) is 2. The van der Waals surface area contributed by atoms with Crippen LogP contribution in [0.25, 0.3) is 0 Å². The maximum atomic E-state index is 12.7. The molecule has 1 aromatic heterocycles. The van der Waals surface area contributed by atoms with Crippen LogP contribution >= 0.6 is 0 Å². The summed E-state index contributed by atoms with van der Waals surface area (Å²) in [6.07, 6.45) is 4.48. The zero-order chi connectivity index (χ0) is 26.1. The van der Waals surface area contributed by atoms with Crippen LogP contribution in [0.15, 0.2) is 30.5 Å². The first-order valence-electron chi connectivity index (χ1n) is 12.8. The van der Waals surface area contributed by atoms with Crippen molar-refractivity contribution in [1.82, 2.24) is 25.2 Å². The summed E-state index contributed by atoms with van der Waals surface area (Å²) in [6.45, 7) is 11.7. The van der Waals surface area contributed by atoms with E-state index in [-0.39, 0.29) is 42.7 Å². The van der Waals surface area contributed by atoms with Crippen LogP contribution in [0, 0.1) is 24.7 Å². The smallest absolute Gasteiger partial charge is 0.319 e. The molecule has 0 unspecified atom stereocenters. The lowest BCUT2D eigenvalue weighted by molar-refractivity contribution is -0.139. The lowest BCUT2D eigenvalue weighted by Gasteiger charge is -2.26. The summed E-state index contributed by atoms with van der Waals surface area (Å²) in [5.74, 6) is 5.88. The van der Waals surface area contributed by atoms with Crippen molar-refractivity contribution >= 4 is 17.6 Å². The number of rotatable bonds is 9. The summed E-state index contributed by atoms with van der Waals surface area (Å²) in [4.78, 5) is 26.5. The lowest BCUT2D eigenvalue weighted by atomic mass is 9.99. The van der Waals surface area contributed by atoms with Crippen LogP contribution in [-0.4, -0.2) is 63.7 Å². The van der Waals surface area contributed by atoms with Crippen LogP contribution in [0.2, 0.25) is 0 Å². The van der Waals surface area contributed by atoms with Gasteiger partial charge in [-0.25, -0.2) is 9.48 Å². The number of benzene rings is 1. The Kier molecular flexibility index (Phi) is 9.88. The van der Waals surface area contributed by atoms with E-state index in [1.165, 1.54) is 0 Å². The van der Waals surface area contributed by atoms with Crippen molar-refractivity contribution in [2.24, 2.45) is 5.92 Å². The van der Waals surface area contributed by atoms with Crippen molar-refractivity contribution in [3.8, 4) is 11.8 Å². The summed E-state index contributed by atoms with van der Waals surface area (Å²) in [5.41, 5.74) is 2.36. The van der Waals surface area contributed by atoms with Crippen molar-refractivity contribution in [2.75, 3.05) is 25.0 Å². The van der Waals surface area contributed by atoms with Gasteiger partial charge >= 0.3 is 6.03 Å². The predicted molar refractivity (Wildman–Crippen MR) is 139 cm³/mol. The standard InChI is InChI=1S/C27H38N6O3/c1-6-32(7-2)26(34)21(5)25-14-13-24(36-25)17-20(4)33-18-23(30-31-33)12-9-15-28-27(35)29-22-11-8-10-19(3)16-22/h8,10-11,16,18,20-21,24-25H,6-7,13-15,17H2,1-5H3,(H2,28,29,35)/t20-,21-,24+,25-/m1/s1. The number of hydrogen-bond acceptors (Lipinski definition) is 5. The fraction of sp³-hybridized carbons (Fsp3) is 0.556. The Labute approximate surface area is 214 Å². The zero-order valence-electron chi connectivity index (χ0n) is 22.0. The molecular weight excluding hydrogens is 456 g/mol. The molecule has 1 aliphatic heterocycles. The molecular formula is C27H38N6O3. The summed E-state index contributed by atoms with van der Waals surface area (Å²) in [5, 5.41) is 13.8. The van der Waals surface area contributed by atoms with Crippen molar-refractivity contribution in [1.29, 1.82) is 0 Å². The van der Waals surface area contributed by atoms with Gasteiger partial charge in [0.25, 0.3) is 0 Å². The van der Waals surface area contributed by atoms with E-state index in [9.17, 15) is 9.59 Å². The quantitative estimate of drug-likeness (QED) is 0.517. The van der Waals surface area contributed by atoms with Gasteiger partial charge in [-0.3, -0.25) is 4.79 Å². The fourth-order valence-electron chi connectivity index (χ4n) is 4.45. The third-order valence-corrected chi connectivity index (χ3v) is 6.56. The van der Waals surface area contributed by atoms with Crippen LogP contribution < -0.4 is 10.6 Å². The highest BCUT2D eigenvalue weighted by atomic mass is 16.5. The second kappa shape index (κ2) is 13.1. The van der Waals surface area contributed by atoms with Crippen LogP contribution in [0.4, 0.5) is 10.5 Å². The Bertz CT molecular complexity index is 1080. The maximum Gasteiger partial charge on any atom is 0.319 e. The minimum Gasteiger partial charge on any atom is -0.374 e. The van der Waals surface area contributed by atoms with Gasteiger partial charge < -0.3 is 20.3 Å². The number of urea groups is 1. The number of nitrogens with zero attached hydrogens (tertiary/aromatic N) is 4. The average molecular weight is 495 g/mol. The molecule has 1 saturated heterocycles. The van der Waals surface area contributed by atoms with Gasteiger partial charge in [-0.2, -0.15) is 0 Å². The van der Waals surface area contributed by atoms with E-state index in [1.807, 2.05) is 63.1 Å². The monoisotopic (exact) mass is 494 g/mol. The predicted octanol–water partition coefficient (Wildman–Crippen LogP) is 3.76. The van der Waals surface area contributed by atoms with E-state index in [2.05, 4.69) is 39.7 Å². The topological polar surface area (TPSA) is 101 Å². The second-order valence-electron chi connectivity index (χ2n) is 9.32. The van der Waals surface area contributed by atoms with E-state index in [0.717, 1.165) is 43.6 Å². The molecule has 2 N–H and O–H groups in total. The molecule has 2 aromatic rings. The molecule has 0 saturated carbocycles. The molecule has 3 rings (SSSR count). The molecule has 4 atom stereocenters. The molecule has 1 aromatic carbocycles. The van der Waals surface area contributed by atoms with E-state index >= 15 is 0 Å². The van der Waals surface area contributed by atoms with Crippen LogP contribution in [-0.2, 0) is 9.53 Å². The van der Waals surface area contributed by atoms with Gasteiger partial charge in [-0.15, -0.1) is 5.10 Å². The summed E-state index contributed by atoms with van der Waals surface area (Å²) < 4.78 is 8.04. The summed E-state index contributed by atoms with van der Waals surface area (Å²) in [7, 11) is 0. The van der Waals surface area contributed by atoms with Gasteiger partial charge in [0.1, 0.15) is 0 Å². The Morgan fingerprint density at radius 3 is 2.75 bits per heavy atom. The Morgan fingerprint density at radius 2 is 2.03 bits per heavy atom. The number of amides is 3. The first kappa shape index (κ1) is 27.2. The number of aryl methyl sites for hydroxylation is 1. The molecule has 9 nitrogen and oxygen atoms in total. The third kappa shape index (κ3) is 7.56. The van der Waals surface area contributed by atoms with Crippen LogP contribution in [0.1, 0.15) is 64.3 Å². The number of ether oxygens (including phenoxy) is 1. The Hall–Kier alpha value is -3.38. The minimum atomic E-state index is -0.310. The van der Waals surface area contributed by atoms with Gasteiger partial charge in [-0.05, 0) is 70.6 Å². The number of aromatic nitrogens is 3. The van der Waals surface area contributed by atoms with E-state index in [4.69, 9.17) is 4.74 Å². The molecule has 2 heterocycles. The van der Waals surface area contributed by atoms with Gasteiger partial charge in [0.15, 0.2) is 5.69 Å². The number of carbonyl (C=O) groups is 2. The van der Waals surface area contributed by atoms with Gasteiger partial charge in [0.05, 0.1) is 36.9 Å². The highest BCUT2D eigenvalue weighted by Gasteiger charge is 2.35. The van der Waals surface area contributed by atoms with Gasteiger partial charge in [0.2, 0.25) is 5.91 Å². The second-order valence-corrected chi connectivity index (χ2v) is 9.32. The minimum absolute atomic E-state index is 0.0388. The first-order chi connectivity index (χ1) is 17.3. The van der Waals surface area contributed by atoms with E-state index in [0.29, 0.717) is 5.69 Å². The number of anilines is 1. The Morgan fingerprint density at radius 1 is 1.25 bits per heavy atom. The van der Waals surface area contributed by atoms with E-state index < -0.39 is 0 Å². The maximum absolute atomic E-state index is 12.7. The van der Waals surface area contributed by atoms with Crippen molar-refractivity contribution in [2.45, 2.75) is 72.1 Å². The average Bonchev–Trinajstić information content (AvgIpc) is 3.52. The van der Waals surface area contributed by atoms with Gasteiger partial charge in [-0.1, -0.05) is 30.2 Å². The van der Waals surface area contributed by atoms with Gasteiger partial charge in [0, 0.05) is 18.8 Å². The molecule has 0 bridgehead atoms. The third-order valence-electron chi connectivity index (χ3n) is 6.56. The van der Waals surface area contributed by atoms with Crippen LogP contribution in [0.5, 0.6) is 0 Å². The molecule has 9 heteroatoms. The van der Waals surface area contributed by atoms with Crippen molar-refractivity contribution < 1.29 is 14.3 Å². The fourth-order valence-corrected chi connectivity index (χ4v) is 4.45. The largest absolute Gasteiger partial charge is 0.374 e. The molecule has 194 valence electrons. The first-order valence-corrected chi connectivity index (χ1v) is 12.8. The normalized spacial score (nSPS) is 18.6. The molecule has 0 spiro atoms. The van der Waals surface area contributed by atoms with Crippen LogP contribution in [0.3, 0.4) is 0 Å². The van der Waals surface area contributed by atoms with Crippen molar-refractivity contribution in [3.05, 3.63) is 41.7 Å². The molecule has 1 aliphatic rings. The lowest BCUT2D eigenvalue weighted by Crippen LogP contribution is -2.39. The van der Waals surface area contributed by atoms with E-state index in [1.54, 1.807) is 4.68 Å². The SMILES string of the molecule is CCN(CC)C(=O)[C@H](C)[C@H]1CC[C@@H](C[C@@H](C)n2cc(C#CCNC(=O)Nc3cccc(C)c3)nn2)O1. The van der Waals surface area contributed by atoms with Crippen molar-refractivity contribution in [3.63, 3.8) is 0 Å². The number of hydrogen-bond donors (Lipinski definition) is 2. The summed E-state index contributed by atoms with van der Waals surface area (Å²) in [6, 6.07) is 7.37. The molecule has 36 heavy (non-hydrogen) atoms.